The zero-order valence-corrected chi connectivity index (χ0v) is 19.4. The van der Waals surface area contributed by atoms with E-state index in [9.17, 15) is 14.4 Å². The van der Waals surface area contributed by atoms with Crippen LogP contribution >= 0.6 is 23.4 Å². The van der Waals surface area contributed by atoms with E-state index < -0.39 is 0 Å². The average Bonchev–Trinajstić information content (AvgIpc) is 3.40. The molecule has 0 bridgehead atoms. The zero-order valence-electron chi connectivity index (χ0n) is 17.9. The molecule has 2 aromatic carbocycles. The standard InChI is InChI=1S/C23H21ClN4O4S/c1-2-10-27(13-19-25-26-21(32-19)17-8-3-4-9-18(17)24)22(30)16-7-5-6-15(11-16)12-28-20(29)14-33-23(28)31/h3-9,11H,2,10,12-14H2,1H3. The molecule has 0 spiro atoms. The van der Waals surface area contributed by atoms with Crippen LogP contribution in [0.2, 0.25) is 5.02 Å². The molecule has 3 aromatic rings. The van der Waals surface area contributed by atoms with Crippen molar-refractivity contribution in [2.24, 2.45) is 0 Å². The number of amides is 3. The van der Waals surface area contributed by atoms with Gasteiger partial charge in [-0.1, -0.05) is 54.6 Å². The van der Waals surface area contributed by atoms with Crippen molar-refractivity contribution in [2.75, 3.05) is 12.3 Å². The molecule has 8 nitrogen and oxygen atoms in total. The second kappa shape index (κ2) is 10.2. The normalized spacial score (nSPS) is 13.6. The lowest BCUT2D eigenvalue weighted by Gasteiger charge is -2.21. The molecule has 3 amide bonds. The Kier molecular flexibility index (Phi) is 7.10. The highest BCUT2D eigenvalue weighted by molar-refractivity contribution is 8.14. The van der Waals surface area contributed by atoms with Crippen molar-refractivity contribution >= 4 is 40.4 Å². The Hall–Kier alpha value is -3.17. The molecule has 0 N–H and O–H groups in total. The SMILES string of the molecule is CCCN(Cc1nnc(-c2ccccc2Cl)o1)C(=O)c1cccc(CN2C(=O)CSC2=O)c1. The Balaban J connectivity index is 1.50. The molecule has 170 valence electrons. The van der Waals surface area contributed by atoms with Crippen LogP contribution < -0.4 is 0 Å². The van der Waals surface area contributed by atoms with Crippen LogP contribution in [0.15, 0.2) is 52.9 Å². The van der Waals surface area contributed by atoms with Gasteiger partial charge in [-0.25, -0.2) is 0 Å². The Morgan fingerprint density at radius 2 is 2.00 bits per heavy atom. The Bertz CT molecular complexity index is 1180. The molecular formula is C23H21ClN4O4S. The summed E-state index contributed by atoms with van der Waals surface area (Å²) < 4.78 is 5.76. The zero-order chi connectivity index (χ0) is 23.4. The molecule has 2 heterocycles. The van der Waals surface area contributed by atoms with Crippen LogP contribution in [0.5, 0.6) is 0 Å². The third kappa shape index (κ3) is 5.26. The van der Waals surface area contributed by atoms with Crippen molar-refractivity contribution < 1.29 is 18.8 Å². The molecule has 1 saturated heterocycles. The number of nitrogens with zero attached hydrogens (tertiary/aromatic N) is 4. The van der Waals surface area contributed by atoms with Crippen LogP contribution in [0.25, 0.3) is 11.5 Å². The topological polar surface area (TPSA) is 96.6 Å². The minimum Gasteiger partial charge on any atom is -0.419 e. The minimum atomic E-state index is -0.268. The van der Waals surface area contributed by atoms with Crippen LogP contribution in [0.4, 0.5) is 4.79 Å². The van der Waals surface area contributed by atoms with Gasteiger partial charge >= 0.3 is 0 Å². The van der Waals surface area contributed by atoms with Gasteiger partial charge in [0.25, 0.3) is 11.1 Å². The fourth-order valence-corrected chi connectivity index (χ4v) is 4.39. The molecule has 1 aliphatic rings. The molecule has 0 saturated carbocycles. The van der Waals surface area contributed by atoms with Gasteiger partial charge in [0.1, 0.15) is 0 Å². The predicted molar refractivity (Wildman–Crippen MR) is 125 cm³/mol. The Morgan fingerprint density at radius 1 is 1.18 bits per heavy atom. The van der Waals surface area contributed by atoms with E-state index in [0.29, 0.717) is 40.0 Å². The number of carbonyl (C=O) groups excluding carboxylic acids is 3. The third-order valence-corrected chi connectivity index (χ3v) is 6.22. The summed E-state index contributed by atoms with van der Waals surface area (Å²) >= 11 is 7.20. The second-order valence-electron chi connectivity index (χ2n) is 7.44. The highest BCUT2D eigenvalue weighted by atomic mass is 35.5. The summed E-state index contributed by atoms with van der Waals surface area (Å²) in [7, 11) is 0. The number of hydrogen-bond acceptors (Lipinski definition) is 7. The quantitative estimate of drug-likeness (QED) is 0.459. The number of thioether (sulfide) groups is 1. The van der Waals surface area contributed by atoms with E-state index in [0.717, 1.165) is 18.2 Å². The summed E-state index contributed by atoms with van der Waals surface area (Å²) in [4.78, 5) is 39.9. The monoisotopic (exact) mass is 484 g/mol. The lowest BCUT2D eigenvalue weighted by Crippen LogP contribution is -2.32. The number of imide groups is 1. The van der Waals surface area contributed by atoms with E-state index in [1.54, 1.807) is 41.3 Å². The van der Waals surface area contributed by atoms with Crippen LogP contribution in [0, 0.1) is 0 Å². The fraction of sp³-hybridized carbons (Fsp3) is 0.261. The van der Waals surface area contributed by atoms with E-state index >= 15 is 0 Å². The molecule has 0 radical (unpaired) electrons. The summed E-state index contributed by atoms with van der Waals surface area (Å²) in [5.74, 6) is 0.319. The molecule has 1 fully saturated rings. The largest absolute Gasteiger partial charge is 0.419 e. The summed E-state index contributed by atoms with van der Waals surface area (Å²) in [6.07, 6.45) is 0.741. The van der Waals surface area contributed by atoms with Crippen LogP contribution in [-0.4, -0.2) is 49.3 Å². The molecule has 1 aromatic heterocycles. The first-order valence-electron chi connectivity index (χ1n) is 10.4. The van der Waals surface area contributed by atoms with E-state index in [1.807, 2.05) is 19.1 Å². The maximum absolute atomic E-state index is 13.3. The average molecular weight is 485 g/mol. The molecule has 4 rings (SSSR count). The summed E-state index contributed by atoms with van der Waals surface area (Å²) in [6.45, 7) is 2.76. The van der Waals surface area contributed by atoms with Gasteiger partial charge in [-0.15, -0.1) is 10.2 Å². The van der Waals surface area contributed by atoms with E-state index in [2.05, 4.69) is 10.2 Å². The number of rotatable bonds is 8. The lowest BCUT2D eigenvalue weighted by molar-refractivity contribution is -0.125. The van der Waals surface area contributed by atoms with Crippen LogP contribution in [0.1, 0.15) is 35.2 Å². The highest BCUT2D eigenvalue weighted by Crippen LogP contribution is 2.27. The molecule has 0 aliphatic carbocycles. The molecule has 0 atom stereocenters. The Morgan fingerprint density at radius 3 is 2.73 bits per heavy atom. The Labute approximate surface area is 199 Å². The van der Waals surface area contributed by atoms with Gasteiger partial charge in [0, 0.05) is 12.1 Å². The maximum Gasteiger partial charge on any atom is 0.289 e. The highest BCUT2D eigenvalue weighted by Gasteiger charge is 2.30. The van der Waals surface area contributed by atoms with Gasteiger partial charge in [0.2, 0.25) is 17.7 Å². The number of carbonyl (C=O) groups is 3. The first-order valence-corrected chi connectivity index (χ1v) is 11.7. The number of hydrogen-bond donors (Lipinski definition) is 0. The third-order valence-electron chi connectivity index (χ3n) is 5.03. The second-order valence-corrected chi connectivity index (χ2v) is 8.78. The molecule has 33 heavy (non-hydrogen) atoms. The fourth-order valence-electron chi connectivity index (χ4n) is 3.45. The van der Waals surface area contributed by atoms with Gasteiger partial charge in [-0.05, 0) is 36.2 Å². The van der Waals surface area contributed by atoms with Gasteiger partial charge in [0.05, 0.1) is 29.4 Å². The van der Waals surface area contributed by atoms with E-state index in [-0.39, 0.29) is 35.9 Å². The van der Waals surface area contributed by atoms with Crippen molar-refractivity contribution in [1.82, 2.24) is 20.0 Å². The predicted octanol–water partition coefficient (Wildman–Crippen LogP) is 4.64. The molecule has 0 unspecified atom stereocenters. The molecule has 1 aliphatic heterocycles. The van der Waals surface area contributed by atoms with Crippen molar-refractivity contribution in [1.29, 1.82) is 0 Å². The van der Waals surface area contributed by atoms with Crippen LogP contribution in [-0.2, 0) is 17.9 Å². The van der Waals surface area contributed by atoms with Crippen molar-refractivity contribution in [2.45, 2.75) is 26.4 Å². The van der Waals surface area contributed by atoms with Crippen molar-refractivity contribution in [3.8, 4) is 11.5 Å². The van der Waals surface area contributed by atoms with E-state index in [4.69, 9.17) is 16.0 Å². The summed E-state index contributed by atoms with van der Waals surface area (Å²) in [5, 5.41) is 8.38. The summed E-state index contributed by atoms with van der Waals surface area (Å²) in [6, 6.07) is 14.1. The van der Waals surface area contributed by atoms with E-state index in [1.165, 1.54) is 4.90 Å². The van der Waals surface area contributed by atoms with Gasteiger partial charge in [-0.3, -0.25) is 19.3 Å². The summed E-state index contributed by atoms with van der Waals surface area (Å²) in [5.41, 5.74) is 1.79. The number of aromatic nitrogens is 2. The maximum atomic E-state index is 13.3. The number of benzene rings is 2. The minimum absolute atomic E-state index is 0.143. The van der Waals surface area contributed by atoms with Crippen molar-refractivity contribution in [3.63, 3.8) is 0 Å². The molecule has 10 heteroatoms. The van der Waals surface area contributed by atoms with Crippen LogP contribution in [0.3, 0.4) is 0 Å². The lowest BCUT2D eigenvalue weighted by atomic mass is 10.1. The van der Waals surface area contributed by atoms with Gasteiger partial charge < -0.3 is 9.32 Å². The molecular weight excluding hydrogens is 464 g/mol. The number of halogens is 1. The van der Waals surface area contributed by atoms with Gasteiger partial charge in [-0.2, -0.15) is 0 Å². The smallest absolute Gasteiger partial charge is 0.289 e. The van der Waals surface area contributed by atoms with Gasteiger partial charge in [0.15, 0.2) is 0 Å². The van der Waals surface area contributed by atoms with Crippen molar-refractivity contribution in [3.05, 3.63) is 70.6 Å². The first-order chi connectivity index (χ1) is 16.0. The first kappa shape index (κ1) is 23.0.